The summed E-state index contributed by atoms with van der Waals surface area (Å²) in [5.74, 6) is 2.41. The fourth-order valence-corrected chi connectivity index (χ4v) is 1.33. The van der Waals surface area contributed by atoms with Crippen LogP contribution >= 0.6 is 0 Å². The van der Waals surface area contributed by atoms with Crippen LogP contribution in [0, 0.1) is 6.20 Å². The number of benzene rings is 1. The molecular formula is C13H12NO3. The molecule has 4 nitrogen and oxygen atoms in total. The van der Waals surface area contributed by atoms with Gasteiger partial charge in [-0.3, -0.25) is 0 Å². The van der Waals surface area contributed by atoms with E-state index in [1.165, 1.54) is 0 Å². The average Bonchev–Trinajstić information content (AvgIpc) is 2.39. The van der Waals surface area contributed by atoms with Gasteiger partial charge < -0.3 is 14.2 Å². The van der Waals surface area contributed by atoms with Crippen LogP contribution in [0.15, 0.2) is 36.4 Å². The molecule has 2 rings (SSSR count). The first-order valence-electron chi connectivity index (χ1n) is 5.06. The maximum Gasteiger partial charge on any atom is 0.219 e. The summed E-state index contributed by atoms with van der Waals surface area (Å²) in [5, 5.41) is 0. The zero-order valence-corrected chi connectivity index (χ0v) is 9.64. The summed E-state index contributed by atoms with van der Waals surface area (Å²) in [6, 6.07) is 10.6. The van der Waals surface area contributed by atoms with Gasteiger partial charge in [0.05, 0.1) is 20.4 Å². The van der Waals surface area contributed by atoms with Crippen molar-refractivity contribution in [1.29, 1.82) is 0 Å². The predicted octanol–water partition coefficient (Wildman–Crippen LogP) is 2.69. The Hall–Kier alpha value is -2.23. The number of methoxy groups -OCH3 is 2. The number of ether oxygens (including phenoxy) is 3. The Bertz CT molecular complexity index is 463. The Morgan fingerprint density at radius 1 is 1.00 bits per heavy atom. The lowest BCUT2D eigenvalue weighted by Crippen LogP contribution is -1.91. The quantitative estimate of drug-likeness (QED) is 0.809. The number of pyridine rings is 1. The second-order valence-corrected chi connectivity index (χ2v) is 3.26. The van der Waals surface area contributed by atoms with Gasteiger partial charge in [0.15, 0.2) is 0 Å². The molecular weight excluding hydrogens is 218 g/mol. The van der Waals surface area contributed by atoms with Crippen molar-refractivity contribution in [2.75, 3.05) is 14.2 Å². The van der Waals surface area contributed by atoms with Crippen LogP contribution in [0.1, 0.15) is 0 Å². The number of hydrogen-bond donors (Lipinski definition) is 0. The third-order valence-electron chi connectivity index (χ3n) is 2.13. The highest BCUT2D eigenvalue weighted by molar-refractivity contribution is 5.43. The molecule has 1 aromatic heterocycles. The maximum absolute atomic E-state index is 5.56. The lowest BCUT2D eigenvalue weighted by Gasteiger charge is -2.08. The van der Waals surface area contributed by atoms with Crippen LogP contribution < -0.4 is 14.2 Å². The Morgan fingerprint density at radius 2 is 1.65 bits per heavy atom. The van der Waals surface area contributed by atoms with Gasteiger partial charge in [-0.25, -0.2) is 4.98 Å². The minimum absolute atomic E-state index is 0.475. The summed E-state index contributed by atoms with van der Waals surface area (Å²) in [6.45, 7) is 0. The topological polar surface area (TPSA) is 40.6 Å². The summed E-state index contributed by atoms with van der Waals surface area (Å²) in [5.41, 5.74) is 0. The third kappa shape index (κ3) is 2.87. The summed E-state index contributed by atoms with van der Waals surface area (Å²) >= 11 is 0. The molecule has 0 spiro atoms. The zero-order valence-electron chi connectivity index (χ0n) is 9.64. The van der Waals surface area contributed by atoms with Crippen molar-refractivity contribution in [3.8, 4) is 23.1 Å². The van der Waals surface area contributed by atoms with Gasteiger partial charge in [-0.15, -0.1) is 0 Å². The molecule has 0 aliphatic rings. The van der Waals surface area contributed by atoms with E-state index in [0.717, 1.165) is 0 Å². The molecule has 17 heavy (non-hydrogen) atoms. The number of aromatic nitrogens is 1. The smallest absolute Gasteiger partial charge is 0.219 e. The summed E-state index contributed by atoms with van der Waals surface area (Å²) in [7, 11) is 3.18. The average molecular weight is 230 g/mol. The van der Waals surface area contributed by atoms with Crippen LogP contribution in [0.5, 0.6) is 23.1 Å². The molecule has 0 aliphatic heterocycles. The van der Waals surface area contributed by atoms with Crippen LogP contribution in [-0.4, -0.2) is 19.2 Å². The summed E-state index contributed by atoms with van der Waals surface area (Å²) < 4.78 is 15.9. The van der Waals surface area contributed by atoms with Crippen molar-refractivity contribution in [3.05, 3.63) is 42.6 Å². The van der Waals surface area contributed by atoms with Crippen LogP contribution in [0.25, 0.3) is 0 Å². The highest BCUT2D eigenvalue weighted by atomic mass is 16.5. The molecule has 0 fully saturated rings. The standard InChI is InChI=1S/C13H12NO3/c1-15-10-7-11(16-2)9-12(8-10)17-13-5-3-4-6-14-13/h3-5,7-9H,1-2H3. The maximum atomic E-state index is 5.56. The van der Waals surface area contributed by atoms with Gasteiger partial charge in [0.1, 0.15) is 17.2 Å². The molecule has 1 radical (unpaired) electrons. The molecule has 0 aliphatic carbocycles. The second kappa shape index (κ2) is 5.21. The van der Waals surface area contributed by atoms with Crippen molar-refractivity contribution in [2.24, 2.45) is 0 Å². The molecule has 1 aromatic carbocycles. The van der Waals surface area contributed by atoms with Gasteiger partial charge in [0, 0.05) is 24.3 Å². The first-order chi connectivity index (χ1) is 8.31. The molecule has 0 saturated heterocycles. The predicted molar refractivity (Wildman–Crippen MR) is 62.7 cm³/mol. The van der Waals surface area contributed by atoms with E-state index in [1.54, 1.807) is 50.6 Å². The first kappa shape index (κ1) is 11.3. The van der Waals surface area contributed by atoms with Crippen LogP contribution in [0.4, 0.5) is 0 Å². The molecule has 0 atom stereocenters. The molecule has 0 saturated carbocycles. The monoisotopic (exact) mass is 230 g/mol. The van der Waals surface area contributed by atoms with Crippen LogP contribution in [0.2, 0.25) is 0 Å². The van der Waals surface area contributed by atoms with Gasteiger partial charge in [-0.05, 0) is 6.07 Å². The Labute approximate surface area is 99.8 Å². The molecule has 0 amide bonds. The van der Waals surface area contributed by atoms with Crippen LogP contribution in [-0.2, 0) is 0 Å². The molecule has 2 aromatic rings. The molecule has 0 unspecified atom stereocenters. The van der Waals surface area contributed by atoms with E-state index in [0.29, 0.717) is 23.1 Å². The lowest BCUT2D eigenvalue weighted by atomic mass is 10.3. The second-order valence-electron chi connectivity index (χ2n) is 3.26. The van der Waals surface area contributed by atoms with E-state index in [4.69, 9.17) is 14.2 Å². The van der Waals surface area contributed by atoms with E-state index < -0.39 is 0 Å². The number of rotatable bonds is 4. The zero-order chi connectivity index (χ0) is 12.1. The Kier molecular flexibility index (Phi) is 3.45. The number of nitrogens with zero attached hydrogens (tertiary/aromatic N) is 1. The van der Waals surface area contributed by atoms with Crippen molar-refractivity contribution in [1.82, 2.24) is 4.98 Å². The molecule has 4 heteroatoms. The highest BCUT2D eigenvalue weighted by Crippen LogP contribution is 2.29. The van der Waals surface area contributed by atoms with E-state index in [-0.39, 0.29) is 0 Å². The molecule has 87 valence electrons. The Morgan fingerprint density at radius 3 is 2.18 bits per heavy atom. The van der Waals surface area contributed by atoms with Gasteiger partial charge >= 0.3 is 0 Å². The lowest BCUT2D eigenvalue weighted by molar-refractivity contribution is 0.385. The minimum Gasteiger partial charge on any atom is -0.496 e. The van der Waals surface area contributed by atoms with Gasteiger partial charge in [-0.2, -0.15) is 0 Å². The fraction of sp³-hybridized carbons (Fsp3) is 0.154. The van der Waals surface area contributed by atoms with Crippen molar-refractivity contribution in [2.45, 2.75) is 0 Å². The van der Waals surface area contributed by atoms with Gasteiger partial charge in [0.2, 0.25) is 5.88 Å². The van der Waals surface area contributed by atoms with Crippen molar-refractivity contribution >= 4 is 0 Å². The summed E-state index contributed by atoms with van der Waals surface area (Å²) in [6.07, 6.45) is 2.70. The summed E-state index contributed by atoms with van der Waals surface area (Å²) in [4.78, 5) is 3.96. The Balaban J connectivity index is 2.26. The first-order valence-corrected chi connectivity index (χ1v) is 5.06. The molecule has 1 heterocycles. The minimum atomic E-state index is 0.475. The van der Waals surface area contributed by atoms with Gasteiger partial charge in [-0.1, -0.05) is 6.07 Å². The number of hydrogen-bond acceptors (Lipinski definition) is 4. The molecule has 0 bridgehead atoms. The van der Waals surface area contributed by atoms with Crippen LogP contribution in [0.3, 0.4) is 0 Å². The third-order valence-corrected chi connectivity index (χ3v) is 2.13. The normalized spacial score (nSPS) is 9.76. The van der Waals surface area contributed by atoms with E-state index in [1.807, 2.05) is 0 Å². The van der Waals surface area contributed by atoms with E-state index in [2.05, 4.69) is 11.2 Å². The van der Waals surface area contributed by atoms with Crippen molar-refractivity contribution in [3.63, 3.8) is 0 Å². The SMILES string of the molecule is COc1cc(OC)cc(Oc2ccc[c]n2)c1. The van der Waals surface area contributed by atoms with Crippen molar-refractivity contribution < 1.29 is 14.2 Å². The van der Waals surface area contributed by atoms with Gasteiger partial charge in [0.25, 0.3) is 0 Å². The largest absolute Gasteiger partial charge is 0.496 e. The van der Waals surface area contributed by atoms with E-state index in [9.17, 15) is 0 Å². The van der Waals surface area contributed by atoms with E-state index >= 15 is 0 Å². The molecule has 0 N–H and O–H groups in total. The highest BCUT2D eigenvalue weighted by Gasteiger charge is 2.04. The fourth-order valence-electron chi connectivity index (χ4n) is 1.33.